The topological polar surface area (TPSA) is 99.3 Å². The lowest BCUT2D eigenvalue weighted by atomic mass is 10.2. The molecule has 0 aromatic carbocycles. The first-order valence-corrected chi connectivity index (χ1v) is 6.79. The number of hydrogen-bond donors (Lipinski definition) is 3. The van der Waals surface area contributed by atoms with Crippen molar-refractivity contribution in [3.05, 3.63) is 18.0 Å². The second-order valence-electron chi connectivity index (χ2n) is 3.68. The number of carboxylic acid groups (broad SMARTS) is 1. The van der Waals surface area contributed by atoms with Crippen molar-refractivity contribution in [1.29, 1.82) is 0 Å². The van der Waals surface area contributed by atoms with E-state index in [2.05, 4.69) is 15.6 Å². The molecule has 0 aliphatic rings. The molecule has 1 rings (SSSR count). The summed E-state index contributed by atoms with van der Waals surface area (Å²) in [5, 5.41) is 8.70. The Morgan fingerprint density at radius 1 is 1.67 bits per heavy atom. The van der Waals surface area contributed by atoms with Gasteiger partial charge in [0.1, 0.15) is 10.6 Å². The Bertz CT molecular complexity index is 568. The number of carboxylic acids is 1. The van der Waals surface area contributed by atoms with Gasteiger partial charge in [-0.25, -0.2) is 13.2 Å². The zero-order valence-electron chi connectivity index (χ0n) is 9.80. The minimum atomic E-state index is -3.79. The van der Waals surface area contributed by atoms with E-state index in [9.17, 15) is 13.2 Å². The van der Waals surface area contributed by atoms with Gasteiger partial charge >= 0.3 is 5.97 Å². The fourth-order valence-corrected chi connectivity index (χ4v) is 2.56. The van der Waals surface area contributed by atoms with Crippen LogP contribution in [0.4, 0.5) is 0 Å². The molecule has 0 fully saturated rings. The SMILES string of the molecule is C#CC(CCC)NS(=O)(=O)c1c[nH]c(C(=O)O)c1. The maximum absolute atomic E-state index is 11.9. The summed E-state index contributed by atoms with van der Waals surface area (Å²) in [5.74, 6) is 1.12. The molecule has 0 aliphatic heterocycles. The van der Waals surface area contributed by atoms with Crippen molar-refractivity contribution in [2.45, 2.75) is 30.7 Å². The lowest BCUT2D eigenvalue weighted by Gasteiger charge is -2.11. The molecule has 18 heavy (non-hydrogen) atoms. The fraction of sp³-hybridized carbons (Fsp3) is 0.364. The molecule has 1 aromatic heterocycles. The Hall–Kier alpha value is -1.78. The summed E-state index contributed by atoms with van der Waals surface area (Å²) in [6.07, 6.45) is 7.60. The zero-order chi connectivity index (χ0) is 13.8. The average molecular weight is 270 g/mol. The van der Waals surface area contributed by atoms with Gasteiger partial charge in [-0.05, 0) is 12.5 Å². The Morgan fingerprint density at radius 2 is 2.33 bits per heavy atom. The molecule has 0 saturated heterocycles. The first-order chi connectivity index (χ1) is 8.40. The second kappa shape index (κ2) is 5.71. The van der Waals surface area contributed by atoms with Crippen LogP contribution in [-0.4, -0.2) is 30.5 Å². The number of carbonyl (C=O) groups is 1. The van der Waals surface area contributed by atoms with Crippen LogP contribution in [0.2, 0.25) is 0 Å². The number of hydrogen-bond acceptors (Lipinski definition) is 3. The number of terminal acetylenes is 1. The molecule has 6 nitrogen and oxygen atoms in total. The molecule has 98 valence electrons. The van der Waals surface area contributed by atoms with Gasteiger partial charge in [0, 0.05) is 6.20 Å². The first kappa shape index (κ1) is 14.3. The summed E-state index contributed by atoms with van der Waals surface area (Å²) in [6, 6.07) is 0.452. The van der Waals surface area contributed by atoms with Gasteiger partial charge in [0.2, 0.25) is 10.0 Å². The number of H-pyrrole nitrogens is 1. The van der Waals surface area contributed by atoms with E-state index in [0.717, 1.165) is 18.7 Å². The molecule has 1 aromatic rings. The van der Waals surface area contributed by atoms with Crippen LogP contribution < -0.4 is 4.72 Å². The van der Waals surface area contributed by atoms with Crippen LogP contribution in [-0.2, 0) is 10.0 Å². The third-order valence-corrected chi connectivity index (χ3v) is 3.72. The van der Waals surface area contributed by atoms with Crippen LogP contribution >= 0.6 is 0 Å². The number of nitrogens with one attached hydrogen (secondary N) is 2. The number of aromatic carboxylic acids is 1. The van der Waals surface area contributed by atoms with Gasteiger partial charge in [0.15, 0.2) is 0 Å². The van der Waals surface area contributed by atoms with Gasteiger partial charge in [0.05, 0.1) is 6.04 Å². The fourth-order valence-electron chi connectivity index (χ4n) is 1.37. The summed E-state index contributed by atoms with van der Waals surface area (Å²) in [7, 11) is -3.79. The van der Waals surface area contributed by atoms with E-state index in [1.807, 2.05) is 6.92 Å². The van der Waals surface area contributed by atoms with Crippen LogP contribution in [0.5, 0.6) is 0 Å². The van der Waals surface area contributed by atoms with Crippen molar-refractivity contribution < 1.29 is 18.3 Å². The molecule has 3 N–H and O–H groups in total. The molecular weight excluding hydrogens is 256 g/mol. The summed E-state index contributed by atoms with van der Waals surface area (Å²) < 4.78 is 26.1. The molecule has 0 saturated carbocycles. The molecule has 0 aliphatic carbocycles. The highest BCUT2D eigenvalue weighted by Gasteiger charge is 2.20. The monoisotopic (exact) mass is 270 g/mol. The lowest BCUT2D eigenvalue weighted by molar-refractivity contribution is 0.0691. The second-order valence-corrected chi connectivity index (χ2v) is 5.40. The molecule has 7 heteroatoms. The molecule has 0 amide bonds. The average Bonchev–Trinajstić information content (AvgIpc) is 2.78. The lowest BCUT2D eigenvalue weighted by Crippen LogP contribution is -2.33. The Balaban J connectivity index is 2.92. The van der Waals surface area contributed by atoms with Crippen molar-refractivity contribution in [2.24, 2.45) is 0 Å². The van der Waals surface area contributed by atoms with E-state index < -0.39 is 22.0 Å². The highest BCUT2D eigenvalue weighted by atomic mass is 32.2. The molecule has 0 spiro atoms. The molecule has 1 unspecified atom stereocenters. The predicted molar refractivity (Wildman–Crippen MR) is 65.6 cm³/mol. The van der Waals surface area contributed by atoms with Crippen LogP contribution in [0.25, 0.3) is 0 Å². The molecule has 0 radical (unpaired) electrons. The van der Waals surface area contributed by atoms with Gasteiger partial charge in [0.25, 0.3) is 0 Å². The van der Waals surface area contributed by atoms with E-state index in [1.54, 1.807) is 0 Å². The highest BCUT2D eigenvalue weighted by molar-refractivity contribution is 7.89. The number of aromatic amines is 1. The smallest absolute Gasteiger partial charge is 0.352 e. The quantitative estimate of drug-likeness (QED) is 0.665. The molecular formula is C11H14N2O4S. The Labute approximate surface area is 105 Å². The summed E-state index contributed by atoms with van der Waals surface area (Å²) in [6.45, 7) is 1.89. The standard InChI is InChI=1S/C11H14N2O4S/c1-3-5-8(4-2)13-18(16,17)9-6-10(11(14)15)12-7-9/h2,6-8,12-13H,3,5H2,1H3,(H,14,15). The van der Waals surface area contributed by atoms with Gasteiger partial charge in [-0.3, -0.25) is 0 Å². The van der Waals surface area contributed by atoms with Gasteiger partial charge in [-0.1, -0.05) is 19.3 Å². The maximum Gasteiger partial charge on any atom is 0.352 e. The number of rotatable bonds is 6. The van der Waals surface area contributed by atoms with Gasteiger partial charge < -0.3 is 10.1 Å². The zero-order valence-corrected chi connectivity index (χ0v) is 10.6. The largest absolute Gasteiger partial charge is 0.477 e. The van der Waals surface area contributed by atoms with Crippen molar-refractivity contribution in [3.63, 3.8) is 0 Å². The predicted octanol–water partition coefficient (Wildman–Crippen LogP) is 0.793. The Morgan fingerprint density at radius 3 is 2.78 bits per heavy atom. The van der Waals surface area contributed by atoms with Gasteiger partial charge in [-0.15, -0.1) is 6.42 Å². The van der Waals surface area contributed by atoms with E-state index in [-0.39, 0.29) is 10.6 Å². The van der Waals surface area contributed by atoms with Crippen LogP contribution in [0.3, 0.4) is 0 Å². The van der Waals surface area contributed by atoms with E-state index in [1.165, 1.54) is 0 Å². The summed E-state index contributed by atoms with van der Waals surface area (Å²) >= 11 is 0. The molecule has 0 bridgehead atoms. The van der Waals surface area contributed by atoms with E-state index >= 15 is 0 Å². The summed E-state index contributed by atoms with van der Waals surface area (Å²) in [5.41, 5.74) is -0.192. The van der Waals surface area contributed by atoms with Gasteiger partial charge in [-0.2, -0.15) is 4.72 Å². The first-order valence-electron chi connectivity index (χ1n) is 5.31. The van der Waals surface area contributed by atoms with Crippen molar-refractivity contribution in [1.82, 2.24) is 9.71 Å². The van der Waals surface area contributed by atoms with E-state index in [0.29, 0.717) is 6.42 Å². The maximum atomic E-state index is 11.9. The van der Waals surface area contributed by atoms with Crippen molar-refractivity contribution in [2.75, 3.05) is 0 Å². The minimum absolute atomic E-state index is 0.142. The number of sulfonamides is 1. The Kier molecular flexibility index (Phi) is 4.53. The van der Waals surface area contributed by atoms with Crippen LogP contribution in [0.15, 0.2) is 17.2 Å². The van der Waals surface area contributed by atoms with Crippen LogP contribution in [0.1, 0.15) is 30.3 Å². The van der Waals surface area contributed by atoms with Crippen LogP contribution in [0, 0.1) is 12.3 Å². The number of aromatic nitrogens is 1. The normalized spacial score (nSPS) is 12.9. The molecule has 1 heterocycles. The van der Waals surface area contributed by atoms with Crippen molar-refractivity contribution in [3.8, 4) is 12.3 Å². The summed E-state index contributed by atoms with van der Waals surface area (Å²) in [4.78, 5) is 12.9. The molecule has 1 atom stereocenters. The van der Waals surface area contributed by atoms with Crippen molar-refractivity contribution >= 4 is 16.0 Å². The minimum Gasteiger partial charge on any atom is -0.477 e. The highest BCUT2D eigenvalue weighted by Crippen LogP contribution is 2.12. The third-order valence-electron chi connectivity index (χ3n) is 2.27. The van der Waals surface area contributed by atoms with E-state index in [4.69, 9.17) is 11.5 Å². The third kappa shape index (κ3) is 3.35.